The Hall–Kier alpha value is -2.93. The van der Waals surface area contributed by atoms with Crippen LogP contribution in [0, 0.1) is 10.1 Å². The molecule has 0 spiro atoms. The molecule has 0 saturated carbocycles. The highest BCUT2D eigenvalue weighted by atomic mass is 16.6. The Balaban J connectivity index is 2.03. The summed E-state index contributed by atoms with van der Waals surface area (Å²) < 4.78 is 0. The van der Waals surface area contributed by atoms with Gasteiger partial charge in [-0.2, -0.15) is 0 Å². The molecular weight excluding hydrogens is 332 g/mol. The average Bonchev–Trinajstić information content (AvgIpc) is 2.64. The van der Waals surface area contributed by atoms with Gasteiger partial charge in [0.25, 0.3) is 11.6 Å². The second-order valence-electron chi connectivity index (χ2n) is 5.99. The molecule has 0 atom stereocenters. The average molecular weight is 356 g/mol. The number of carbonyl (C=O) groups is 1. The van der Waals surface area contributed by atoms with Crippen LogP contribution in [-0.2, 0) is 13.1 Å². The third-order valence-corrected chi connectivity index (χ3v) is 4.23. The number of carbonyl (C=O) groups excluding carboxylic acids is 1. The third kappa shape index (κ3) is 5.03. The van der Waals surface area contributed by atoms with Crippen molar-refractivity contribution in [3.8, 4) is 0 Å². The number of nitrogens with zero attached hydrogens (tertiary/aromatic N) is 2. The van der Waals surface area contributed by atoms with E-state index < -0.39 is 4.92 Å². The number of nitrogens with one attached hydrogen (secondary N) is 1. The van der Waals surface area contributed by atoms with E-state index in [1.807, 2.05) is 12.1 Å². The number of nitro groups is 1. The zero-order valence-corrected chi connectivity index (χ0v) is 15.1. The maximum atomic E-state index is 12.3. The minimum atomic E-state index is -0.594. The smallest absolute Gasteiger partial charge is 0.292 e. The first kappa shape index (κ1) is 19.4. The first-order valence-corrected chi connectivity index (χ1v) is 8.56. The van der Waals surface area contributed by atoms with Gasteiger partial charge in [0.1, 0.15) is 5.69 Å². The van der Waals surface area contributed by atoms with E-state index in [0.29, 0.717) is 6.54 Å². The molecule has 0 radical (unpaired) electrons. The van der Waals surface area contributed by atoms with Gasteiger partial charge in [-0.05, 0) is 36.3 Å². The quantitative estimate of drug-likeness (QED) is 0.430. The van der Waals surface area contributed by atoms with Crippen molar-refractivity contribution < 1.29 is 9.72 Å². The maximum absolute atomic E-state index is 12.3. The SMILES string of the molecule is CCN(CC)Cc1cccc(CNC(=O)c2ccc(N)c([N+](=O)[O-])c2)c1. The monoisotopic (exact) mass is 356 g/mol. The van der Waals surface area contributed by atoms with Crippen molar-refractivity contribution in [3.05, 3.63) is 69.3 Å². The first-order valence-electron chi connectivity index (χ1n) is 8.56. The van der Waals surface area contributed by atoms with Gasteiger partial charge in [-0.1, -0.05) is 38.1 Å². The fourth-order valence-electron chi connectivity index (χ4n) is 2.67. The van der Waals surface area contributed by atoms with Crippen LogP contribution in [0.5, 0.6) is 0 Å². The molecule has 0 aliphatic heterocycles. The highest BCUT2D eigenvalue weighted by molar-refractivity contribution is 5.95. The normalized spacial score (nSPS) is 10.7. The zero-order chi connectivity index (χ0) is 19.1. The molecule has 0 saturated heterocycles. The summed E-state index contributed by atoms with van der Waals surface area (Å²) in [6.45, 7) is 7.42. The summed E-state index contributed by atoms with van der Waals surface area (Å²) in [4.78, 5) is 24.9. The Bertz CT molecular complexity index is 788. The largest absolute Gasteiger partial charge is 0.393 e. The van der Waals surface area contributed by atoms with Crippen molar-refractivity contribution in [1.82, 2.24) is 10.2 Å². The highest BCUT2D eigenvalue weighted by Crippen LogP contribution is 2.22. The van der Waals surface area contributed by atoms with Gasteiger partial charge in [0.05, 0.1) is 4.92 Å². The van der Waals surface area contributed by atoms with Crippen LogP contribution in [0.2, 0.25) is 0 Å². The molecule has 2 aromatic carbocycles. The van der Waals surface area contributed by atoms with Gasteiger partial charge in [-0.3, -0.25) is 19.8 Å². The van der Waals surface area contributed by atoms with Crippen LogP contribution in [0.3, 0.4) is 0 Å². The molecule has 1 amide bonds. The fraction of sp³-hybridized carbons (Fsp3) is 0.316. The highest BCUT2D eigenvalue weighted by Gasteiger charge is 2.15. The predicted molar refractivity (Wildman–Crippen MR) is 102 cm³/mol. The summed E-state index contributed by atoms with van der Waals surface area (Å²) in [5.41, 5.74) is 7.71. The van der Waals surface area contributed by atoms with Gasteiger partial charge >= 0.3 is 0 Å². The molecule has 0 aromatic heterocycles. The van der Waals surface area contributed by atoms with Crippen molar-refractivity contribution in [2.75, 3.05) is 18.8 Å². The molecule has 26 heavy (non-hydrogen) atoms. The number of nitrogen functional groups attached to an aromatic ring is 1. The van der Waals surface area contributed by atoms with Crippen LogP contribution in [0.1, 0.15) is 35.3 Å². The van der Waals surface area contributed by atoms with Crippen LogP contribution >= 0.6 is 0 Å². The van der Waals surface area contributed by atoms with E-state index in [-0.39, 0.29) is 22.8 Å². The molecular formula is C19H24N4O3. The molecule has 138 valence electrons. The van der Waals surface area contributed by atoms with Crippen LogP contribution in [0.4, 0.5) is 11.4 Å². The summed E-state index contributed by atoms with van der Waals surface area (Å²) in [7, 11) is 0. The second-order valence-corrected chi connectivity index (χ2v) is 5.99. The Labute approximate surface area is 153 Å². The van der Waals surface area contributed by atoms with E-state index in [2.05, 4.69) is 36.2 Å². The van der Waals surface area contributed by atoms with Gasteiger partial charge in [0.2, 0.25) is 0 Å². The van der Waals surface area contributed by atoms with Crippen LogP contribution in [0.15, 0.2) is 42.5 Å². The third-order valence-electron chi connectivity index (χ3n) is 4.23. The number of nitrogens with two attached hydrogens (primary N) is 1. The summed E-state index contributed by atoms with van der Waals surface area (Å²) in [5.74, 6) is -0.373. The van der Waals surface area contributed by atoms with Crippen LogP contribution in [0.25, 0.3) is 0 Å². The topological polar surface area (TPSA) is 102 Å². The number of rotatable bonds is 8. The Kier molecular flexibility index (Phi) is 6.68. The van der Waals surface area contributed by atoms with E-state index in [1.165, 1.54) is 23.8 Å². The van der Waals surface area contributed by atoms with E-state index >= 15 is 0 Å². The maximum Gasteiger partial charge on any atom is 0.292 e. The van der Waals surface area contributed by atoms with Gasteiger partial charge < -0.3 is 11.1 Å². The summed E-state index contributed by atoms with van der Waals surface area (Å²) in [5, 5.41) is 13.7. The van der Waals surface area contributed by atoms with Crippen molar-refractivity contribution >= 4 is 17.3 Å². The second kappa shape index (κ2) is 8.96. The molecule has 7 heteroatoms. The molecule has 0 aliphatic carbocycles. The number of nitro benzene ring substituents is 1. The molecule has 2 rings (SSSR count). The lowest BCUT2D eigenvalue weighted by atomic mass is 10.1. The minimum Gasteiger partial charge on any atom is -0.393 e. The van der Waals surface area contributed by atoms with E-state index in [1.54, 1.807) is 0 Å². The van der Waals surface area contributed by atoms with Crippen molar-refractivity contribution in [2.45, 2.75) is 26.9 Å². The molecule has 7 nitrogen and oxygen atoms in total. The van der Waals surface area contributed by atoms with Crippen LogP contribution in [-0.4, -0.2) is 28.8 Å². The van der Waals surface area contributed by atoms with E-state index in [9.17, 15) is 14.9 Å². The fourth-order valence-corrected chi connectivity index (χ4v) is 2.67. The Morgan fingerprint density at radius 3 is 2.50 bits per heavy atom. The van der Waals surface area contributed by atoms with Crippen molar-refractivity contribution in [2.24, 2.45) is 0 Å². The Morgan fingerprint density at radius 1 is 1.15 bits per heavy atom. The molecule has 0 unspecified atom stereocenters. The van der Waals surface area contributed by atoms with Crippen molar-refractivity contribution in [3.63, 3.8) is 0 Å². The van der Waals surface area contributed by atoms with Gasteiger partial charge in [-0.15, -0.1) is 0 Å². The lowest BCUT2D eigenvalue weighted by Gasteiger charge is -2.18. The number of hydrogen-bond acceptors (Lipinski definition) is 5. The lowest BCUT2D eigenvalue weighted by molar-refractivity contribution is -0.383. The summed E-state index contributed by atoms with van der Waals surface area (Å²) in [6, 6.07) is 12.1. The number of hydrogen-bond donors (Lipinski definition) is 2. The van der Waals surface area contributed by atoms with E-state index in [4.69, 9.17) is 5.73 Å². The van der Waals surface area contributed by atoms with Gasteiger partial charge in [-0.25, -0.2) is 0 Å². The molecule has 0 fully saturated rings. The minimum absolute atomic E-state index is 0.0376. The summed E-state index contributed by atoms with van der Waals surface area (Å²) in [6.07, 6.45) is 0. The predicted octanol–water partition coefficient (Wildman–Crippen LogP) is 2.95. The molecule has 0 heterocycles. The molecule has 3 N–H and O–H groups in total. The van der Waals surface area contributed by atoms with Crippen molar-refractivity contribution in [1.29, 1.82) is 0 Å². The lowest BCUT2D eigenvalue weighted by Crippen LogP contribution is -2.24. The molecule has 2 aromatic rings. The molecule has 0 bridgehead atoms. The number of anilines is 1. The van der Waals surface area contributed by atoms with Crippen LogP contribution < -0.4 is 11.1 Å². The summed E-state index contributed by atoms with van der Waals surface area (Å²) >= 11 is 0. The van der Waals surface area contributed by atoms with E-state index in [0.717, 1.165) is 25.2 Å². The zero-order valence-electron chi connectivity index (χ0n) is 15.1. The number of benzene rings is 2. The Morgan fingerprint density at radius 2 is 1.85 bits per heavy atom. The number of amides is 1. The molecule has 0 aliphatic rings. The standard InChI is InChI=1S/C19H24N4O3/c1-3-22(4-2)13-15-7-5-6-14(10-15)12-21-19(24)16-8-9-17(20)18(11-16)23(25)26/h5-11H,3-4,12-13,20H2,1-2H3,(H,21,24). The van der Waals surface area contributed by atoms with Gasteiger partial charge in [0.15, 0.2) is 0 Å². The van der Waals surface area contributed by atoms with Gasteiger partial charge in [0, 0.05) is 24.7 Å². The first-order chi connectivity index (χ1) is 12.4.